The highest BCUT2D eigenvalue weighted by Crippen LogP contribution is 2.42. The number of carbonyl (C=O) groups is 1. The molecule has 204 valence electrons. The van der Waals surface area contributed by atoms with E-state index in [1.54, 1.807) is 47.6 Å². The monoisotopic (exact) mass is 524 g/mol. The van der Waals surface area contributed by atoms with E-state index in [1.165, 1.54) is 12.5 Å². The highest BCUT2D eigenvalue weighted by molar-refractivity contribution is 5.93. The van der Waals surface area contributed by atoms with Crippen LogP contribution in [0, 0.1) is 5.92 Å². The number of amides is 1. The summed E-state index contributed by atoms with van der Waals surface area (Å²) in [6.07, 6.45) is 9.59. The van der Waals surface area contributed by atoms with Crippen molar-refractivity contribution in [2.75, 3.05) is 18.5 Å². The normalized spacial score (nSPS) is 16.7. The van der Waals surface area contributed by atoms with Crippen molar-refractivity contribution in [3.05, 3.63) is 42.7 Å². The van der Waals surface area contributed by atoms with Crippen molar-refractivity contribution >= 4 is 11.7 Å². The third-order valence-corrected chi connectivity index (χ3v) is 6.92. The fourth-order valence-corrected chi connectivity index (χ4v) is 5.21. The minimum absolute atomic E-state index is 0.0644. The maximum atomic E-state index is 13.6. The third kappa shape index (κ3) is 6.24. The van der Waals surface area contributed by atoms with Crippen LogP contribution in [0.15, 0.2) is 42.7 Å². The minimum Gasteiger partial charge on any atom is -0.494 e. The number of para-hydroxylation sites is 1. The largest absolute Gasteiger partial charge is 0.494 e. The zero-order valence-electron chi connectivity index (χ0n) is 21.9. The second-order valence-electron chi connectivity index (χ2n) is 10.8. The molecule has 10 nitrogen and oxygen atoms in total. The van der Waals surface area contributed by atoms with E-state index < -0.39 is 11.6 Å². The Morgan fingerprint density at radius 1 is 1.21 bits per heavy atom. The molecule has 0 saturated heterocycles. The van der Waals surface area contributed by atoms with Gasteiger partial charge in [-0.2, -0.15) is 5.10 Å². The van der Waals surface area contributed by atoms with Crippen LogP contribution in [-0.4, -0.2) is 49.3 Å². The molecule has 0 radical (unpaired) electrons. The zero-order valence-corrected chi connectivity index (χ0v) is 21.9. The molecule has 3 N–H and O–H groups in total. The van der Waals surface area contributed by atoms with E-state index in [1.807, 2.05) is 12.1 Å². The van der Waals surface area contributed by atoms with E-state index in [0.717, 1.165) is 25.7 Å². The fourth-order valence-electron chi connectivity index (χ4n) is 5.21. The second kappa shape index (κ2) is 11.0. The Kier molecular flexibility index (Phi) is 7.51. The summed E-state index contributed by atoms with van der Waals surface area (Å²) in [6, 6.07) is 7.96. The molecule has 38 heavy (non-hydrogen) atoms. The van der Waals surface area contributed by atoms with Crippen molar-refractivity contribution in [3.8, 4) is 28.9 Å². The number of hydrogen-bond donors (Lipinski definition) is 3. The number of rotatable bonds is 9. The van der Waals surface area contributed by atoms with Gasteiger partial charge in [-0.05, 0) is 38.3 Å². The molecule has 1 fully saturated rings. The summed E-state index contributed by atoms with van der Waals surface area (Å²) in [7, 11) is 0. The molecule has 1 aliphatic heterocycles. The number of aromatic hydroxyl groups is 1. The summed E-state index contributed by atoms with van der Waals surface area (Å²) in [5, 5.41) is 28.3. The third-order valence-electron chi connectivity index (χ3n) is 6.92. The average Bonchev–Trinajstić information content (AvgIpc) is 3.47. The molecule has 1 saturated carbocycles. The Morgan fingerprint density at radius 2 is 2.00 bits per heavy atom. The summed E-state index contributed by atoms with van der Waals surface area (Å²) in [4.78, 5) is 13.6. The van der Waals surface area contributed by atoms with Crippen LogP contribution in [0.25, 0.3) is 0 Å². The molecule has 0 unspecified atom stereocenters. The Morgan fingerprint density at radius 3 is 2.79 bits per heavy atom. The Labute approximate surface area is 222 Å². The van der Waals surface area contributed by atoms with E-state index in [4.69, 9.17) is 14.2 Å². The van der Waals surface area contributed by atoms with Crippen molar-refractivity contribution in [1.29, 1.82) is 0 Å². The average molecular weight is 525 g/mol. The van der Waals surface area contributed by atoms with Gasteiger partial charge in [-0.15, -0.1) is 0 Å². The van der Waals surface area contributed by atoms with Crippen LogP contribution in [0.5, 0.6) is 28.9 Å². The first-order valence-corrected chi connectivity index (χ1v) is 13.3. The number of anilines is 1. The summed E-state index contributed by atoms with van der Waals surface area (Å²) >= 11 is 0. The standard InChI is InChI=1S/C28H36N4O6/c1-28(2,35)18-31-12-11-24(30-31)29-27(34)21(15-19-7-4-3-5-8-19)32-17-20(16-25(32)33)38-23-10-6-9-22-26(23)37-14-13-36-22/h6,9-12,16-17,19,21,33,35H,3-5,7-8,13-15,18H2,1-2H3,(H,29,30,34)/t21-/m0/s1. The van der Waals surface area contributed by atoms with Gasteiger partial charge in [0.15, 0.2) is 23.2 Å². The fraction of sp³-hybridized carbons (Fsp3) is 0.500. The lowest BCUT2D eigenvalue weighted by atomic mass is 9.84. The Bertz CT molecular complexity index is 1250. The second-order valence-corrected chi connectivity index (χ2v) is 10.8. The van der Waals surface area contributed by atoms with Crippen LogP contribution in [0.3, 0.4) is 0 Å². The molecule has 3 aromatic rings. The Balaban J connectivity index is 1.37. The molecule has 0 bridgehead atoms. The van der Waals surface area contributed by atoms with Gasteiger partial charge in [0.1, 0.15) is 25.0 Å². The number of aromatic nitrogens is 3. The maximum Gasteiger partial charge on any atom is 0.248 e. The number of benzene rings is 1. The predicted octanol–water partition coefficient (Wildman–Crippen LogP) is 4.87. The van der Waals surface area contributed by atoms with Crippen molar-refractivity contribution in [2.45, 2.75) is 70.6 Å². The van der Waals surface area contributed by atoms with E-state index >= 15 is 0 Å². The summed E-state index contributed by atoms with van der Waals surface area (Å²) in [5.74, 6) is 2.43. The molecular formula is C28H36N4O6. The lowest BCUT2D eigenvalue weighted by Crippen LogP contribution is -2.29. The zero-order chi connectivity index (χ0) is 26.7. The summed E-state index contributed by atoms with van der Waals surface area (Å²) in [6.45, 7) is 4.60. The van der Waals surface area contributed by atoms with Gasteiger partial charge < -0.3 is 34.3 Å². The van der Waals surface area contributed by atoms with Gasteiger partial charge in [-0.25, -0.2) is 0 Å². The number of fused-ring (bicyclic) bond motifs is 1. The van der Waals surface area contributed by atoms with Gasteiger partial charge in [0.2, 0.25) is 11.7 Å². The molecule has 1 aliphatic carbocycles. The van der Waals surface area contributed by atoms with Gasteiger partial charge >= 0.3 is 0 Å². The van der Waals surface area contributed by atoms with Gasteiger partial charge in [-0.3, -0.25) is 9.48 Å². The first kappa shape index (κ1) is 26.0. The molecule has 0 spiro atoms. The highest BCUT2D eigenvalue weighted by atomic mass is 16.6. The van der Waals surface area contributed by atoms with Crippen LogP contribution in [0.1, 0.15) is 58.4 Å². The van der Waals surface area contributed by atoms with Crippen molar-refractivity contribution in [3.63, 3.8) is 0 Å². The molecule has 3 heterocycles. The lowest BCUT2D eigenvalue weighted by Gasteiger charge is -2.27. The van der Waals surface area contributed by atoms with Gasteiger partial charge in [-0.1, -0.05) is 38.2 Å². The number of nitrogens with zero attached hydrogens (tertiary/aromatic N) is 3. The topological polar surface area (TPSA) is 120 Å². The van der Waals surface area contributed by atoms with E-state index in [2.05, 4.69) is 10.4 Å². The number of ether oxygens (including phenoxy) is 3. The molecule has 5 rings (SSSR count). The first-order chi connectivity index (χ1) is 18.2. The van der Waals surface area contributed by atoms with Crippen LogP contribution >= 0.6 is 0 Å². The van der Waals surface area contributed by atoms with Gasteiger partial charge in [0.25, 0.3) is 0 Å². The summed E-state index contributed by atoms with van der Waals surface area (Å²) in [5.41, 5.74) is -0.931. The molecule has 2 aromatic heterocycles. The smallest absolute Gasteiger partial charge is 0.248 e. The predicted molar refractivity (Wildman–Crippen MR) is 141 cm³/mol. The number of nitrogens with one attached hydrogen (secondary N) is 1. The van der Waals surface area contributed by atoms with Crippen LogP contribution in [0.2, 0.25) is 0 Å². The van der Waals surface area contributed by atoms with Crippen molar-refractivity contribution in [1.82, 2.24) is 14.3 Å². The lowest BCUT2D eigenvalue weighted by molar-refractivity contribution is -0.120. The van der Waals surface area contributed by atoms with Crippen LogP contribution in [0.4, 0.5) is 5.82 Å². The number of carbonyl (C=O) groups excluding carboxylic acids is 1. The van der Waals surface area contributed by atoms with E-state index in [-0.39, 0.29) is 11.8 Å². The molecule has 2 aliphatic rings. The van der Waals surface area contributed by atoms with Crippen LogP contribution in [-0.2, 0) is 11.3 Å². The quantitative estimate of drug-likeness (QED) is 0.365. The summed E-state index contributed by atoms with van der Waals surface area (Å²) < 4.78 is 20.6. The molecular weight excluding hydrogens is 488 g/mol. The maximum absolute atomic E-state index is 13.6. The molecule has 10 heteroatoms. The van der Waals surface area contributed by atoms with Crippen LogP contribution < -0.4 is 19.5 Å². The SMILES string of the molecule is CC(C)(O)Cn1ccc(NC(=O)[C@H](CC2CCCCC2)n2cc(Oc3cccc4c3OCCO4)cc2O)n1. The first-order valence-electron chi connectivity index (χ1n) is 13.3. The minimum atomic E-state index is -0.931. The van der Waals surface area contributed by atoms with Gasteiger partial charge in [0, 0.05) is 18.3 Å². The molecule has 1 aromatic carbocycles. The highest BCUT2D eigenvalue weighted by Gasteiger charge is 2.29. The number of hydrogen-bond acceptors (Lipinski definition) is 7. The number of aliphatic hydroxyl groups is 1. The van der Waals surface area contributed by atoms with Crippen molar-refractivity contribution < 1.29 is 29.2 Å². The molecule has 1 atom stereocenters. The Hall–Kier alpha value is -3.66. The van der Waals surface area contributed by atoms with Gasteiger partial charge in [0.05, 0.1) is 18.3 Å². The van der Waals surface area contributed by atoms with E-state index in [0.29, 0.717) is 60.9 Å². The molecule has 1 amide bonds. The van der Waals surface area contributed by atoms with E-state index in [9.17, 15) is 15.0 Å². The van der Waals surface area contributed by atoms with Crippen molar-refractivity contribution in [2.24, 2.45) is 5.92 Å².